The lowest BCUT2D eigenvalue weighted by Crippen LogP contribution is -2.19. The Bertz CT molecular complexity index is 1200. The molecule has 2 aromatic heterocycles. The number of nitrogens with zero attached hydrogens (tertiary/aromatic N) is 3. The van der Waals surface area contributed by atoms with Crippen molar-refractivity contribution in [3.8, 4) is 17.0 Å². The molecule has 0 aliphatic carbocycles. The molecule has 3 heterocycles. The lowest BCUT2D eigenvalue weighted by Gasteiger charge is -2.13. The van der Waals surface area contributed by atoms with Gasteiger partial charge in [-0.3, -0.25) is 4.79 Å². The molecule has 158 valence electrons. The summed E-state index contributed by atoms with van der Waals surface area (Å²) in [7, 11) is -1.47. The van der Waals surface area contributed by atoms with E-state index in [1.54, 1.807) is 17.9 Å². The number of nitrogens with one attached hydrogen (secondary N) is 1. The number of amides is 1. The van der Waals surface area contributed by atoms with Gasteiger partial charge in [0.05, 0.1) is 41.1 Å². The van der Waals surface area contributed by atoms with Crippen LogP contribution in [0.25, 0.3) is 11.3 Å². The second-order valence-corrected chi connectivity index (χ2v) is 10.7. The van der Waals surface area contributed by atoms with E-state index in [1.807, 2.05) is 38.1 Å². The monoisotopic (exact) mass is 446 g/mol. The standard InChI is InChI=1S/C20H22N4O4S2/c1-12-10-17(24(23-12)15-8-9-30(26,27)11-15)22-20(25)19-18(21-13(2)29-19)14-4-6-16(28-3)7-5-14/h4-7,10,15H,8-9,11H2,1-3H3,(H,22,25)/t15-/m1/s1. The number of benzene rings is 1. The summed E-state index contributed by atoms with van der Waals surface area (Å²) in [5.41, 5.74) is 2.13. The maximum Gasteiger partial charge on any atom is 0.269 e. The van der Waals surface area contributed by atoms with E-state index in [4.69, 9.17) is 4.74 Å². The smallest absolute Gasteiger partial charge is 0.269 e. The highest BCUT2D eigenvalue weighted by atomic mass is 32.2. The van der Waals surface area contributed by atoms with Crippen LogP contribution in [0.15, 0.2) is 30.3 Å². The normalized spacial score (nSPS) is 17.8. The molecule has 0 spiro atoms. The average molecular weight is 447 g/mol. The Morgan fingerprint density at radius 1 is 1.27 bits per heavy atom. The van der Waals surface area contributed by atoms with Crippen LogP contribution in [-0.4, -0.2) is 47.7 Å². The number of aryl methyl sites for hydroxylation is 2. The van der Waals surface area contributed by atoms with Gasteiger partial charge in [0, 0.05) is 11.6 Å². The summed E-state index contributed by atoms with van der Waals surface area (Å²) in [6.45, 7) is 3.67. The van der Waals surface area contributed by atoms with E-state index in [-0.39, 0.29) is 23.5 Å². The minimum absolute atomic E-state index is 0.0355. The molecule has 0 bridgehead atoms. The van der Waals surface area contributed by atoms with Gasteiger partial charge in [-0.15, -0.1) is 11.3 Å². The molecule has 1 aliphatic heterocycles. The number of ether oxygens (including phenoxy) is 1. The van der Waals surface area contributed by atoms with E-state index in [9.17, 15) is 13.2 Å². The predicted molar refractivity (Wildman–Crippen MR) is 116 cm³/mol. The molecule has 3 aromatic rings. The van der Waals surface area contributed by atoms with Crippen LogP contribution in [-0.2, 0) is 9.84 Å². The van der Waals surface area contributed by atoms with Crippen LogP contribution < -0.4 is 10.1 Å². The number of hydrogen-bond acceptors (Lipinski definition) is 7. The molecular formula is C20H22N4O4S2. The Balaban J connectivity index is 1.63. The Morgan fingerprint density at radius 3 is 2.63 bits per heavy atom. The molecular weight excluding hydrogens is 424 g/mol. The molecule has 1 aliphatic rings. The van der Waals surface area contributed by atoms with Gasteiger partial charge >= 0.3 is 0 Å². The third kappa shape index (κ3) is 4.10. The second-order valence-electron chi connectivity index (χ2n) is 7.27. The highest BCUT2D eigenvalue weighted by molar-refractivity contribution is 7.91. The number of hydrogen-bond donors (Lipinski definition) is 1. The summed E-state index contributed by atoms with van der Waals surface area (Å²) in [5.74, 6) is 1.09. The van der Waals surface area contributed by atoms with Gasteiger partial charge < -0.3 is 10.1 Å². The fourth-order valence-corrected chi connectivity index (χ4v) is 6.08. The number of rotatable bonds is 5. The molecule has 1 amide bonds. The first-order valence-electron chi connectivity index (χ1n) is 9.45. The summed E-state index contributed by atoms with van der Waals surface area (Å²) >= 11 is 1.31. The van der Waals surface area contributed by atoms with Crippen LogP contribution in [0.1, 0.15) is 32.8 Å². The molecule has 1 atom stereocenters. The van der Waals surface area contributed by atoms with Gasteiger partial charge in [-0.05, 0) is 44.5 Å². The molecule has 10 heteroatoms. The molecule has 4 rings (SSSR count). The highest BCUT2D eigenvalue weighted by Crippen LogP contribution is 2.31. The first-order valence-corrected chi connectivity index (χ1v) is 12.1. The SMILES string of the molecule is COc1ccc(-c2nc(C)sc2C(=O)Nc2cc(C)nn2[C@@H]2CCS(=O)(=O)C2)cc1. The van der Waals surface area contributed by atoms with Crippen LogP contribution in [0.5, 0.6) is 5.75 Å². The fourth-order valence-electron chi connectivity index (χ4n) is 3.56. The van der Waals surface area contributed by atoms with Gasteiger partial charge in [-0.1, -0.05) is 0 Å². The van der Waals surface area contributed by atoms with E-state index in [0.717, 1.165) is 16.3 Å². The number of carbonyl (C=O) groups is 1. The quantitative estimate of drug-likeness (QED) is 0.645. The van der Waals surface area contributed by atoms with E-state index in [2.05, 4.69) is 15.4 Å². The summed E-state index contributed by atoms with van der Waals surface area (Å²) in [4.78, 5) is 18.2. The zero-order chi connectivity index (χ0) is 21.5. The summed E-state index contributed by atoms with van der Waals surface area (Å²) < 4.78 is 30.6. The van der Waals surface area contributed by atoms with Crippen LogP contribution in [0.4, 0.5) is 5.82 Å². The van der Waals surface area contributed by atoms with Crippen molar-refractivity contribution in [2.75, 3.05) is 23.9 Å². The Labute approximate surface area is 178 Å². The van der Waals surface area contributed by atoms with Crippen molar-refractivity contribution in [3.63, 3.8) is 0 Å². The van der Waals surface area contributed by atoms with Crippen molar-refractivity contribution < 1.29 is 17.9 Å². The summed E-state index contributed by atoms with van der Waals surface area (Å²) in [6.07, 6.45) is 0.489. The van der Waals surface area contributed by atoms with Crippen molar-refractivity contribution in [1.82, 2.24) is 14.8 Å². The number of carbonyl (C=O) groups excluding carboxylic acids is 1. The van der Waals surface area contributed by atoms with E-state index < -0.39 is 9.84 Å². The van der Waals surface area contributed by atoms with Crippen molar-refractivity contribution in [3.05, 3.63) is 45.9 Å². The molecule has 0 unspecified atom stereocenters. The third-order valence-corrected chi connectivity index (χ3v) is 7.68. The number of sulfone groups is 1. The zero-order valence-corrected chi connectivity index (χ0v) is 18.5. The maximum absolute atomic E-state index is 13.1. The molecule has 8 nitrogen and oxygen atoms in total. The van der Waals surface area contributed by atoms with Gasteiger partial charge in [0.15, 0.2) is 9.84 Å². The van der Waals surface area contributed by atoms with Gasteiger partial charge in [0.2, 0.25) is 0 Å². The summed E-state index contributed by atoms with van der Waals surface area (Å²) in [6, 6.07) is 8.85. The van der Waals surface area contributed by atoms with Gasteiger partial charge in [-0.25, -0.2) is 18.1 Å². The third-order valence-electron chi connectivity index (χ3n) is 4.96. The van der Waals surface area contributed by atoms with Crippen LogP contribution >= 0.6 is 11.3 Å². The van der Waals surface area contributed by atoms with Gasteiger partial charge in [0.1, 0.15) is 16.4 Å². The molecule has 1 fully saturated rings. The number of methoxy groups -OCH3 is 1. The fraction of sp³-hybridized carbons (Fsp3) is 0.350. The lowest BCUT2D eigenvalue weighted by molar-refractivity contribution is 0.102. The molecule has 1 saturated heterocycles. The minimum Gasteiger partial charge on any atom is -0.497 e. The predicted octanol–water partition coefficient (Wildman–Crippen LogP) is 3.24. The molecule has 1 aromatic carbocycles. The molecule has 1 N–H and O–H groups in total. The van der Waals surface area contributed by atoms with E-state index >= 15 is 0 Å². The number of aromatic nitrogens is 3. The molecule has 30 heavy (non-hydrogen) atoms. The molecule has 0 saturated carbocycles. The van der Waals surface area contributed by atoms with Crippen LogP contribution in [0.3, 0.4) is 0 Å². The second kappa shape index (κ2) is 7.84. The first-order chi connectivity index (χ1) is 14.3. The lowest BCUT2D eigenvalue weighted by atomic mass is 10.1. The number of thiazole rings is 1. The Kier molecular flexibility index (Phi) is 5.37. The molecule has 0 radical (unpaired) electrons. The maximum atomic E-state index is 13.1. The zero-order valence-electron chi connectivity index (χ0n) is 16.9. The van der Waals surface area contributed by atoms with E-state index in [1.165, 1.54) is 11.3 Å². The topological polar surface area (TPSA) is 103 Å². The van der Waals surface area contributed by atoms with E-state index in [0.29, 0.717) is 28.5 Å². The minimum atomic E-state index is -3.07. The van der Waals surface area contributed by atoms with Crippen LogP contribution in [0.2, 0.25) is 0 Å². The van der Waals surface area contributed by atoms with Crippen molar-refractivity contribution >= 4 is 32.9 Å². The first kappa shape index (κ1) is 20.5. The van der Waals surface area contributed by atoms with Gasteiger partial charge in [0.25, 0.3) is 5.91 Å². The Hall–Kier alpha value is -2.72. The van der Waals surface area contributed by atoms with Crippen LogP contribution in [0, 0.1) is 13.8 Å². The van der Waals surface area contributed by atoms with Crippen molar-refractivity contribution in [1.29, 1.82) is 0 Å². The van der Waals surface area contributed by atoms with Gasteiger partial charge in [-0.2, -0.15) is 5.10 Å². The van der Waals surface area contributed by atoms with Crippen molar-refractivity contribution in [2.24, 2.45) is 0 Å². The number of anilines is 1. The Morgan fingerprint density at radius 2 is 2.00 bits per heavy atom. The average Bonchev–Trinajstić information content (AvgIpc) is 3.38. The summed E-state index contributed by atoms with van der Waals surface area (Å²) in [5, 5.41) is 8.11. The highest BCUT2D eigenvalue weighted by Gasteiger charge is 2.31. The van der Waals surface area contributed by atoms with Crippen molar-refractivity contribution in [2.45, 2.75) is 26.3 Å². The largest absolute Gasteiger partial charge is 0.497 e.